The Kier molecular flexibility index (Phi) is 4.24. The van der Waals surface area contributed by atoms with E-state index in [1.54, 1.807) is 24.3 Å². The zero-order valence-corrected chi connectivity index (χ0v) is 16.5. The molecule has 8 heteroatoms. The molecular weight excluding hydrogens is 411 g/mol. The lowest BCUT2D eigenvalue weighted by molar-refractivity contribution is -0.151. The van der Waals surface area contributed by atoms with Gasteiger partial charge < -0.3 is 10.4 Å². The second-order valence-electron chi connectivity index (χ2n) is 8.04. The molecule has 4 atom stereocenters. The zero-order chi connectivity index (χ0) is 21.2. The average molecular weight is 429 g/mol. The van der Waals surface area contributed by atoms with E-state index in [9.17, 15) is 23.9 Å². The highest BCUT2D eigenvalue weighted by Gasteiger charge is 2.69. The van der Waals surface area contributed by atoms with Gasteiger partial charge in [0.15, 0.2) is 0 Å². The van der Waals surface area contributed by atoms with Crippen molar-refractivity contribution < 1.29 is 23.9 Å². The molecule has 30 heavy (non-hydrogen) atoms. The molecule has 2 N–H and O–H groups in total. The highest BCUT2D eigenvalue weighted by molar-refractivity contribution is 6.34. The number of Topliss-reactive ketones (excluding diaryl/α,β-unsaturated/α-hetero) is 1. The first-order chi connectivity index (χ1) is 14.4. The van der Waals surface area contributed by atoms with Crippen molar-refractivity contribution >= 4 is 34.9 Å². The summed E-state index contributed by atoms with van der Waals surface area (Å²) >= 11 is 6.04. The number of benzene rings is 2. The summed E-state index contributed by atoms with van der Waals surface area (Å²) in [6, 6.07) is 10.4. The number of ketones is 1. The number of carboxylic acids is 1. The van der Waals surface area contributed by atoms with Crippen molar-refractivity contribution in [1.82, 2.24) is 4.90 Å². The number of carboxylic acid groups (broad SMARTS) is 1. The van der Waals surface area contributed by atoms with E-state index in [1.165, 1.54) is 18.2 Å². The van der Waals surface area contributed by atoms with Gasteiger partial charge in [0.2, 0.25) is 11.7 Å². The summed E-state index contributed by atoms with van der Waals surface area (Å²) in [5.41, 5.74) is 0.192. The first-order valence-corrected chi connectivity index (χ1v) is 10.1. The maximum Gasteiger partial charge on any atom is 0.372 e. The summed E-state index contributed by atoms with van der Waals surface area (Å²) in [5.74, 6) is -5.04. The number of anilines is 1. The van der Waals surface area contributed by atoms with Crippen LogP contribution >= 0.6 is 11.6 Å². The SMILES string of the molecule is O=C(O)C(=O)C1C2CCCN2C2(C(=O)Nc3ccc(F)cc32)C1c1ccc(Cl)cc1. The van der Waals surface area contributed by atoms with Crippen LogP contribution in [0.4, 0.5) is 10.1 Å². The Morgan fingerprint density at radius 2 is 1.93 bits per heavy atom. The number of aliphatic carboxylic acids is 1. The van der Waals surface area contributed by atoms with Crippen LogP contribution < -0.4 is 5.32 Å². The minimum Gasteiger partial charge on any atom is -0.475 e. The van der Waals surface area contributed by atoms with E-state index in [0.29, 0.717) is 34.8 Å². The Hall–Kier alpha value is -2.77. The van der Waals surface area contributed by atoms with E-state index >= 15 is 0 Å². The number of amides is 1. The number of halogens is 2. The molecule has 2 aromatic carbocycles. The molecule has 1 spiro atoms. The largest absolute Gasteiger partial charge is 0.475 e. The molecule has 1 amide bonds. The van der Waals surface area contributed by atoms with Crippen LogP contribution in [-0.4, -0.2) is 40.3 Å². The summed E-state index contributed by atoms with van der Waals surface area (Å²) < 4.78 is 14.3. The molecule has 0 bridgehead atoms. The lowest BCUT2D eigenvalue weighted by Gasteiger charge is -2.37. The number of fused-ring (bicyclic) bond motifs is 4. The molecule has 2 aromatic rings. The molecule has 0 aliphatic carbocycles. The third kappa shape index (κ3) is 2.42. The Balaban J connectivity index is 1.81. The van der Waals surface area contributed by atoms with Crippen molar-refractivity contribution in [3.05, 3.63) is 64.4 Å². The summed E-state index contributed by atoms with van der Waals surface area (Å²) in [7, 11) is 0. The van der Waals surface area contributed by atoms with Gasteiger partial charge in [-0.1, -0.05) is 23.7 Å². The highest BCUT2D eigenvalue weighted by atomic mass is 35.5. The fourth-order valence-corrected chi connectivity index (χ4v) is 5.85. The van der Waals surface area contributed by atoms with Gasteiger partial charge >= 0.3 is 5.97 Å². The number of carbonyl (C=O) groups is 3. The van der Waals surface area contributed by atoms with Crippen LogP contribution in [0.15, 0.2) is 42.5 Å². The summed E-state index contributed by atoms with van der Waals surface area (Å²) in [6.07, 6.45) is 1.31. The van der Waals surface area contributed by atoms with Crippen LogP contribution in [0.2, 0.25) is 5.02 Å². The maximum atomic E-state index is 14.3. The predicted molar refractivity (Wildman–Crippen MR) is 107 cm³/mol. The zero-order valence-electron chi connectivity index (χ0n) is 15.8. The Bertz CT molecular complexity index is 1090. The first-order valence-electron chi connectivity index (χ1n) is 9.76. The number of hydrogen-bond donors (Lipinski definition) is 2. The van der Waals surface area contributed by atoms with Crippen molar-refractivity contribution in [3.63, 3.8) is 0 Å². The van der Waals surface area contributed by atoms with Crippen LogP contribution in [0, 0.1) is 11.7 Å². The lowest BCUT2D eigenvalue weighted by Crippen LogP contribution is -2.50. The van der Waals surface area contributed by atoms with Gasteiger partial charge in [-0.25, -0.2) is 9.18 Å². The van der Waals surface area contributed by atoms with Crippen LogP contribution in [0.3, 0.4) is 0 Å². The van der Waals surface area contributed by atoms with Gasteiger partial charge in [-0.2, -0.15) is 0 Å². The number of nitrogens with zero attached hydrogens (tertiary/aromatic N) is 1. The molecule has 5 rings (SSSR count). The Morgan fingerprint density at radius 3 is 2.63 bits per heavy atom. The second-order valence-corrected chi connectivity index (χ2v) is 8.47. The van der Waals surface area contributed by atoms with Crippen LogP contribution in [0.5, 0.6) is 0 Å². The molecule has 154 valence electrons. The van der Waals surface area contributed by atoms with Gasteiger partial charge in [0.05, 0.1) is 5.92 Å². The standard InChI is InChI=1S/C22H18ClFN2O4/c23-12-5-3-11(4-6-12)18-17(19(27)20(28)29)16-2-1-9-26(16)22(18)14-10-13(24)7-8-15(14)25-21(22)30/h3-8,10,16-18H,1-2,9H2,(H,25,30)(H,28,29). The Labute approximate surface area is 176 Å². The normalized spacial score (nSPS) is 29.7. The molecule has 0 aromatic heterocycles. The Morgan fingerprint density at radius 1 is 1.20 bits per heavy atom. The monoisotopic (exact) mass is 428 g/mol. The van der Waals surface area contributed by atoms with E-state index < -0.39 is 41.0 Å². The predicted octanol–water partition coefficient (Wildman–Crippen LogP) is 3.16. The minimum absolute atomic E-state index is 0.365. The minimum atomic E-state index is -1.53. The lowest BCUT2D eigenvalue weighted by atomic mass is 9.69. The van der Waals surface area contributed by atoms with Crippen molar-refractivity contribution in [2.75, 3.05) is 11.9 Å². The molecule has 3 aliphatic heterocycles. The van der Waals surface area contributed by atoms with E-state index in [-0.39, 0.29) is 5.91 Å². The van der Waals surface area contributed by atoms with E-state index in [4.69, 9.17) is 11.6 Å². The third-order valence-corrected chi connectivity index (χ3v) is 6.96. The average Bonchev–Trinajstić information content (AvgIpc) is 3.36. The molecule has 3 aliphatic rings. The van der Waals surface area contributed by atoms with Crippen molar-refractivity contribution in [2.45, 2.75) is 30.3 Å². The molecule has 6 nitrogen and oxygen atoms in total. The van der Waals surface area contributed by atoms with Crippen LogP contribution in [0.25, 0.3) is 0 Å². The van der Waals surface area contributed by atoms with Crippen molar-refractivity contribution in [3.8, 4) is 0 Å². The number of carbonyl (C=O) groups excluding carboxylic acids is 2. The molecule has 3 heterocycles. The van der Waals surface area contributed by atoms with Gasteiger partial charge in [-0.15, -0.1) is 0 Å². The summed E-state index contributed by atoms with van der Waals surface area (Å²) in [5, 5.41) is 12.9. The highest BCUT2D eigenvalue weighted by Crippen LogP contribution is 2.61. The first kappa shape index (κ1) is 19.2. The van der Waals surface area contributed by atoms with Gasteiger partial charge in [-0.05, 0) is 55.3 Å². The fraction of sp³-hybridized carbons (Fsp3) is 0.318. The van der Waals surface area contributed by atoms with Gasteiger partial charge in [-0.3, -0.25) is 14.5 Å². The third-order valence-electron chi connectivity index (χ3n) is 6.71. The topological polar surface area (TPSA) is 86.7 Å². The van der Waals surface area contributed by atoms with Crippen LogP contribution in [0.1, 0.15) is 29.9 Å². The van der Waals surface area contributed by atoms with Crippen LogP contribution in [-0.2, 0) is 19.9 Å². The second kappa shape index (κ2) is 6.62. The smallest absolute Gasteiger partial charge is 0.372 e. The summed E-state index contributed by atoms with van der Waals surface area (Å²) in [6.45, 7) is 0.515. The van der Waals surface area contributed by atoms with Gasteiger partial charge in [0.1, 0.15) is 11.4 Å². The van der Waals surface area contributed by atoms with Gasteiger partial charge in [0.25, 0.3) is 0 Å². The molecule has 2 fully saturated rings. The van der Waals surface area contributed by atoms with Crippen molar-refractivity contribution in [2.24, 2.45) is 5.92 Å². The van der Waals surface area contributed by atoms with Crippen molar-refractivity contribution in [1.29, 1.82) is 0 Å². The maximum absolute atomic E-state index is 14.3. The molecule has 4 unspecified atom stereocenters. The molecular formula is C22H18ClFN2O4. The number of nitrogens with one attached hydrogen (secondary N) is 1. The fourth-order valence-electron chi connectivity index (χ4n) is 5.73. The molecule has 2 saturated heterocycles. The summed E-state index contributed by atoms with van der Waals surface area (Å²) in [4.78, 5) is 40.1. The van der Waals surface area contributed by atoms with E-state index in [2.05, 4.69) is 5.32 Å². The van der Waals surface area contributed by atoms with Gasteiger partial charge in [0, 0.05) is 28.2 Å². The van der Waals surface area contributed by atoms with E-state index in [1.807, 2.05) is 4.90 Å². The molecule has 0 radical (unpaired) electrons. The number of rotatable bonds is 3. The molecule has 0 saturated carbocycles. The number of hydrogen-bond acceptors (Lipinski definition) is 4. The van der Waals surface area contributed by atoms with E-state index in [0.717, 1.165) is 6.42 Å². The quantitative estimate of drug-likeness (QED) is 0.733.